The van der Waals surface area contributed by atoms with Gasteiger partial charge in [0.2, 0.25) is 0 Å². The van der Waals surface area contributed by atoms with E-state index in [9.17, 15) is 28.8 Å². The number of halogens is 2. The van der Waals surface area contributed by atoms with E-state index in [2.05, 4.69) is 42.7 Å². The highest BCUT2D eigenvalue weighted by molar-refractivity contribution is 5.94. The Morgan fingerprint density at radius 2 is 1.06 bits per heavy atom. The van der Waals surface area contributed by atoms with Gasteiger partial charge in [-0.3, -0.25) is 9.59 Å². The summed E-state index contributed by atoms with van der Waals surface area (Å²) in [5.74, 6) is -6.59. The van der Waals surface area contributed by atoms with Crippen LogP contribution < -0.4 is 4.74 Å². The molecule has 366 valence electrons. The van der Waals surface area contributed by atoms with E-state index in [1.165, 1.54) is 63.4 Å². The Morgan fingerprint density at radius 3 is 1.57 bits per heavy atom. The lowest BCUT2D eigenvalue weighted by Gasteiger charge is -2.32. The summed E-state index contributed by atoms with van der Waals surface area (Å²) in [6.07, 6.45) is 6.00. The maximum atomic E-state index is 16.1. The Labute approximate surface area is 397 Å². The van der Waals surface area contributed by atoms with Crippen LogP contribution >= 0.6 is 0 Å². The largest absolute Gasteiger partial charge is 0.492 e. The molecule has 0 aliphatic carbocycles. The van der Waals surface area contributed by atoms with Crippen LogP contribution in [0.5, 0.6) is 5.75 Å². The standard InChI is InChI=1S/C53H62F2O13/c1-10-11-12-13-14-16-38-18-20-39(21-19-38)42-28-43(54)48(44(55)29-42)41-22-23-45(40(27-41)17-15-24-64-49(58)34(2)3)65-30-53(31-66-50(59)35(4)5,32-67-51(60)36(6)25-46(56)62-8)33-68-52(61)37(7)26-47(57)63-9/h18-23,27-29H,2,4,6-7,10-17,24-26,30-33H2,1,3,5,8-9H3. The molecule has 0 amide bonds. The zero-order chi connectivity index (χ0) is 50.4. The number of hydrogen-bond acceptors (Lipinski definition) is 13. The van der Waals surface area contributed by atoms with E-state index < -0.39 is 92.1 Å². The lowest BCUT2D eigenvalue weighted by atomic mass is 9.91. The minimum absolute atomic E-state index is 0.00541. The highest BCUT2D eigenvalue weighted by Gasteiger charge is 2.38. The average Bonchev–Trinajstić information content (AvgIpc) is 3.31. The second kappa shape index (κ2) is 27.7. The van der Waals surface area contributed by atoms with Gasteiger partial charge in [-0.05, 0) is 91.6 Å². The van der Waals surface area contributed by atoms with Crippen molar-refractivity contribution in [1.82, 2.24) is 0 Å². The monoisotopic (exact) mass is 944 g/mol. The third-order valence-corrected chi connectivity index (χ3v) is 10.6. The molecular weight excluding hydrogens is 883 g/mol. The fraction of sp³-hybridized carbons (Fsp3) is 0.396. The summed E-state index contributed by atoms with van der Waals surface area (Å²) < 4.78 is 69.6. The van der Waals surface area contributed by atoms with Crippen molar-refractivity contribution in [1.29, 1.82) is 0 Å². The highest BCUT2D eigenvalue weighted by atomic mass is 19.1. The van der Waals surface area contributed by atoms with Crippen molar-refractivity contribution in [2.24, 2.45) is 5.41 Å². The van der Waals surface area contributed by atoms with Crippen molar-refractivity contribution < 1.29 is 70.7 Å². The second-order valence-corrected chi connectivity index (χ2v) is 16.5. The number of aryl methyl sites for hydroxylation is 2. The predicted octanol–water partition coefficient (Wildman–Crippen LogP) is 9.67. The Morgan fingerprint density at radius 1 is 0.559 bits per heavy atom. The lowest BCUT2D eigenvalue weighted by molar-refractivity contribution is -0.161. The van der Waals surface area contributed by atoms with Gasteiger partial charge < -0.3 is 33.2 Å². The maximum Gasteiger partial charge on any atom is 0.334 e. The number of rotatable bonds is 29. The van der Waals surface area contributed by atoms with E-state index in [1.54, 1.807) is 0 Å². The average molecular weight is 945 g/mol. The molecule has 3 aromatic carbocycles. The summed E-state index contributed by atoms with van der Waals surface area (Å²) in [6.45, 7) is 16.9. The number of carbonyl (C=O) groups is 6. The molecule has 0 heterocycles. The molecule has 0 spiro atoms. The van der Waals surface area contributed by atoms with Gasteiger partial charge in [-0.1, -0.05) is 89.3 Å². The fourth-order valence-electron chi connectivity index (χ4n) is 6.54. The molecule has 0 radical (unpaired) electrons. The van der Waals surface area contributed by atoms with Crippen LogP contribution in [0.4, 0.5) is 8.78 Å². The summed E-state index contributed by atoms with van der Waals surface area (Å²) in [5, 5.41) is 0. The number of methoxy groups -OCH3 is 2. The van der Waals surface area contributed by atoms with E-state index in [4.69, 9.17) is 23.7 Å². The first-order chi connectivity index (χ1) is 32.3. The third-order valence-electron chi connectivity index (χ3n) is 10.6. The van der Waals surface area contributed by atoms with Crippen molar-refractivity contribution in [2.45, 2.75) is 85.0 Å². The van der Waals surface area contributed by atoms with Crippen molar-refractivity contribution in [3.8, 4) is 28.0 Å². The minimum atomic E-state index is -1.72. The van der Waals surface area contributed by atoms with Gasteiger partial charge in [0.05, 0.1) is 39.2 Å². The molecule has 3 aromatic rings. The van der Waals surface area contributed by atoms with E-state index >= 15 is 8.78 Å². The van der Waals surface area contributed by atoms with Crippen LogP contribution in [0.15, 0.2) is 103 Å². The first-order valence-corrected chi connectivity index (χ1v) is 22.2. The van der Waals surface area contributed by atoms with Crippen LogP contribution in [0, 0.1) is 17.0 Å². The van der Waals surface area contributed by atoms with E-state index in [0.29, 0.717) is 16.7 Å². The molecule has 68 heavy (non-hydrogen) atoms. The van der Waals surface area contributed by atoms with Crippen LogP contribution in [0.2, 0.25) is 0 Å². The summed E-state index contributed by atoms with van der Waals surface area (Å²) in [5.41, 5.74) is 0.282. The van der Waals surface area contributed by atoms with E-state index in [0.717, 1.165) is 39.0 Å². The van der Waals surface area contributed by atoms with E-state index in [1.807, 2.05) is 24.3 Å². The number of ether oxygens (including phenoxy) is 7. The number of carbonyl (C=O) groups excluding carboxylic acids is 6. The van der Waals surface area contributed by atoms with Gasteiger partial charge in [-0.2, -0.15) is 0 Å². The van der Waals surface area contributed by atoms with Gasteiger partial charge in [-0.15, -0.1) is 0 Å². The van der Waals surface area contributed by atoms with Crippen LogP contribution in [0.25, 0.3) is 22.3 Å². The number of unbranched alkanes of at least 4 members (excludes halogenated alkanes) is 4. The van der Waals surface area contributed by atoms with Gasteiger partial charge in [0.1, 0.15) is 49.2 Å². The summed E-state index contributed by atoms with van der Waals surface area (Å²) >= 11 is 0. The lowest BCUT2D eigenvalue weighted by Crippen LogP contribution is -2.44. The quantitative estimate of drug-likeness (QED) is 0.0280. The summed E-state index contributed by atoms with van der Waals surface area (Å²) in [6, 6.07) is 14.6. The molecule has 0 atom stereocenters. The van der Waals surface area contributed by atoms with Crippen LogP contribution in [-0.4, -0.2) is 83.1 Å². The number of hydrogen-bond donors (Lipinski definition) is 0. The Balaban J connectivity index is 2.06. The third kappa shape index (κ3) is 17.7. The topological polar surface area (TPSA) is 167 Å². The smallest absolute Gasteiger partial charge is 0.334 e. The number of benzene rings is 3. The fourth-order valence-corrected chi connectivity index (χ4v) is 6.54. The summed E-state index contributed by atoms with van der Waals surface area (Å²) in [7, 11) is 2.24. The van der Waals surface area contributed by atoms with Crippen molar-refractivity contribution >= 4 is 35.8 Å². The van der Waals surface area contributed by atoms with Crippen LogP contribution in [-0.2, 0) is 70.0 Å². The number of esters is 6. The zero-order valence-electron chi connectivity index (χ0n) is 39.7. The molecule has 0 saturated heterocycles. The normalized spacial score (nSPS) is 10.9. The van der Waals surface area contributed by atoms with Crippen LogP contribution in [0.3, 0.4) is 0 Å². The molecule has 15 heteroatoms. The predicted molar refractivity (Wildman–Crippen MR) is 251 cm³/mol. The molecule has 0 aliphatic rings. The van der Waals surface area contributed by atoms with E-state index in [-0.39, 0.29) is 58.6 Å². The highest BCUT2D eigenvalue weighted by Crippen LogP contribution is 2.35. The van der Waals surface area contributed by atoms with Gasteiger partial charge in [-0.25, -0.2) is 28.0 Å². The van der Waals surface area contributed by atoms with Gasteiger partial charge >= 0.3 is 35.8 Å². The van der Waals surface area contributed by atoms with Crippen LogP contribution in [0.1, 0.15) is 83.3 Å². The molecule has 0 bridgehead atoms. The molecular formula is C53H62F2O13. The van der Waals surface area contributed by atoms with Crippen molar-refractivity contribution in [2.75, 3.05) is 47.3 Å². The van der Waals surface area contributed by atoms with Gasteiger partial charge in [0.25, 0.3) is 0 Å². The SMILES string of the molecule is C=C(C)C(=O)OCCCc1cc(-c2c(F)cc(-c3ccc(CCCCCCC)cc3)cc2F)ccc1OCC(COC(=O)C(=C)C)(COC(=O)C(=C)CC(=O)OC)COC(=O)C(=C)CC(=O)OC. The first-order valence-electron chi connectivity index (χ1n) is 22.2. The summed E-state index contributed by atoms with van der Waals surface area (Å²) in [4.78, 5) is 74.9. The molecule has 0 unspecified atom stereocenters. The van der Waals surface area contributed by atoms with Gasteiger partial charge in [0.15, 0.2) is 0 Å². The maximum absolute atomic E-state index is 16.1. The zero-order valence-corrected chi connectivity index (χ0v) is 39.7. The second-order valence-electron chi connectivity index (χ2n) is 16.5. The minimum Gasteiger partial charge on any atom is -0.492 e. The Kier molecular flexibility index (Phi) is 22.6. The Bertz CT molecular complexity index is 2260. The van der Waals surface area contributed by atoms with Crippen molar-refractivity contribution in [3.05, 3.63) is 126 Å². The molecule has 0 N–H and O–H groups in total. The molecule has 0 fully saturated rings. The van der Waals surface area contributed by atoms with Crippen molar-refractivity contribution in [3.63, 3.8) is 0 Å². The molecule has 0 saturated carbocycles. The Hall–Kier alpha value is -6.90. The molecule has 0 aromatic heterocycles. The molecule has 3 rings (SSSR count). The molecule has 0 aliphatic heterocycles. The molecule has 13 nitrogen and oxygen atoms in total. The van der Waals surface area contributed by atoms with Gasteiger partial charge in [0, 0.05) is 22.3 Å². The first kappa shape index (κ1) is 55.4.